The van der Waals surface area contributed by atoms with Gasteiger partial charge in [-0.15, -0.1) is 0 Å². The van der Waals surface area contributed by atoms with E-state index in [-0.39, 0.29) is 6.09 Å². The molecule has 2 rings (SSSR count). The lowest BCUT2D eigenvalue weighted by molar-refractivity contribution is 0.0256. The second-order valence-electron chi connectivity index (χ2n) is 5.75. The highest BCUT2D eigenvalue weighted by Crippen LogP contribution is 2.22. The molecule has 1 aliphatic heterocycles. The van der Waals surface area contributed by atoms with Gasteiger partial charge in [-0.3, -0.25) is 0 Å². The summed E-state index contributed by atoms with van der Waals surface area (Å²) in [6.45, 7) is 7.12. The van der Waals surface area contributed by atoms with E-state index in [1.807, 2.05) is 57.2 Å². The third-order valence-electron chi connectivity index (χ3n) is 2.81. The lowest BCUT2D eigenvalue weighted by atomic mass is 10.2. The van der Waals surface area contributed by atoms with Crippen molar-refractivity contribution in [2.75, 3.05) is 13.2 Å². The minimum absolute atomic E-state index is 0.307. The van der Waals surface area contributed by atoms with Gasteiger partial charge in [-0.05, 0) is 32.9 Å². The van der Waals surface area contributed by atoms with Crippen molar-refractivity contribution in [3.05, 3.63) is 42.0 Å². The highest BCUT2D eigenvalue weighted by molar-refractivity contribution is 5.68. The van der Waals surface area contributed by atoms with Gasteiger partial charge < -0.3 is 14.4 Å². The van der Waals surface area contributed by atoms with Gasteiger partial charge in [0.05, 0.1) is 6.54 Å². The number of nitrogens with zero attached hydrogens (tertiary/aromatic N) is 1. The Morgan fingerprint density at radius 1 is 1.25 bits per heavy atom. The summed E-state index contributed by atoms with van der Waals surface area (Å²) in [7, 11) is 0. The van der Waals surface area contributed by atoms with Crippen molar-refractivity contribution in [2.24, 2.45) is 0 Å². The van der Waals surface area contributed by atoms with Crippen molar-refractivity contribution in [1.29, 1.82) is 0 Å². The van der Waals surface area contributed by atoms with E-state index >= 15 is 0 Å². The van der Waals surface area contributed by atoms with Gasteiger partial charge in [0.15, 0.2) is 0 Å². The Labute approximate surface area is 120 Å². The predicted octanol–water partition coefficient (Wildman–Crippen LogP) is 3.37. The SMILES string of the molecule is CC(C)(C)OC(=O)N1C/C=C\COc2ccccc2C1. The van der Waals surface area contributed by atoms with E-state index in [1.54, 1.807) is 4.90 Å². The Morgan fingerprint density at radius 3 is 2.75 bits per heavy atom. The third-order valence-corrected chi connectivity index (χ3v) is 2.81. The summed E-state index contributed by atoms with van der Waals surface area (Å²) in [6, 6.07) is 7.76. The zero-order valence-electron chi connectivity index (χ0n) is 12.3. The first kappa shape index (κ1) is 14.4. The van der Waals surface area contributed by atoms with E-state index in [1.165, 1.54) is 0 Å². The Balaban J connectivity index is 2.19. The second-order valence-corrected chi connectivity index (χ2v) is 5.75. The quantitative estimate of drug-likeness (QED) is 0.681. The lowest BCUT2D eigenvalue weighted by Crippen LogP contribution is -2.36. The van der Waals surface area contributed by atoms with Crippen LogP contribution in [0, 0.1) is 0 Å². The molecule has 0 saturated heterocycles. The number of fused-ring (bicyclic) bond motifs is 1. The molecular formula is C16H21NO3. The predicted molar refractivity (Wildman–Crippen MR) is 77.7 cm³/mol. The van der Waals surface area contributed by atoms with E-state index in [0.29, 0.717) is 19.7 Å². The number of carbonyl (C=O) groups is 1. The van der Waals surface area contributed by atoms with Crippen molar-refractivity contribution in [3.8, 4) is 5.75 Å². The maximum Gasteiger partial charge on any atom is 0.410 e. The summed E-state index contributed by atoms with van der Waals surface area (Å²) in [6.07, 6.45) is 3.54. The van der Waals surface area contributed by atoms with Crippen LogP contribution in [-0.4, -0.2) is 29.7 Å². The molecule has 0 bridgehead atoms. The molecule has 0 fully saturated rings. The summed E-state index contributed by atoms with van der Waals surface area (Å²) in [4.78, 5) is 13.9. The first-order valence-corrected chi connectivity index (χ1v) is 6.79. The highest BCUT2D eigenvalue weighted by atomic mass is 16.6. The molecular weight excluding hydrogens is 254 g/mol. The van der Waals surface area contributed by atoms with Crippen LogP contribution in [0.1, 0.15) is 26.3 Å². The van der Waals surface area contributed by atoms with Crippen molar-refractivity contribution < 1.29 is 14.3 Å². The van der Waals surface area contributed by atoms with Crippen molar-refractivity contribution in [3.63, 3.8) is 0 Å². The van der Waals surface area contributed by atoms with Gasteiger partial charge in [0.1, 0.15) is 18.0 Å². The van der Waals surface area contributed by atoms with Crippen LogP contribution in [0.4, 0.5) is 4.79 Å². The molecule has 4 nitrogen and oxygen atoms in total. The molecule has 0 saturated carbocycles. The molecule has 1 aliphatic rings. The first-order valence-electron chi connectivity index (χ1n) is 6.79. The Kier molecular flexibility index (Phi) is 4.32. The molecule has 1 amide bonds. The average molecular weight is 275 g/mol. The van der Waals surface area contributed by atoms with Crippen molar-refractivity contribution in [2.45, 2.75) is 32.9 Å². The monoisotopic (exact) mass is 275 g/mol. The summed E-state index contributed by atoms with van der Waals surface area (Å²) < 4.78 is 11.1. The summed E-state index contributed by atoms with van der Waals surface area (Å²) in [5.41, 5.74) is 0.497. The zero-order valence-corrected chi connectivity index (χ0v) is 12.3. The molecule has 0 radical (unpaired) electrons. The number of hydrogen-bond acceptors (Lipinski definition) is 3. The van der Waals surface area contributed by atoms with Crippen LogP contribution < -0.4 is 4.74 Å². The Morgan fingerprint density at radius 2 is 2.00 bits per heavy atom. The van der Waals surface area contributed by atoms with Gasteiger partial charge in [-0.1, -0.05) is 24.3 Å². The second kappa shape index (κ2) is 5.99. The van der Waals surface area contributed by atoms with Crippen molar-refractivity contribution in [1.82, 2.24) is 4.90 Å². The molecule has 1 aromatic carbocycles. The molecule has 108 valence electrons. The van der Waals surface area contributed by atoms with Crippen LogP contribution in [0.5, 0.6) is 5.75 Å². The molecule has 0 spiro atoms. The largest absolute Gasteiger partial charge is 0.489 e. The average Bonchev–Trinajstić information content (AvgIpc) is 2.46. The van der Waals surface area contributed by atoms with Crippen LogP contribution in [0.2, 0.25) is 0 Å². The van der Waals surface area contributed by atoms with Gasteiger partial charge in [0.25, 0.3) is 0 Å². The van der Waals surface area contributed by atoms with E-state index in [9.17, 15) is 4.79 Å². The molecule has 0 unspecified atom stereocenters. The third kappa shape index (κ3) is 4.02. The van der Waals surface area contributed by atoms with Gasteiger partial charge in [0, 0.05) is 12.1 Å². The smallest absolute Gasteiger partial charge is 0.410 e. The fourth-order valence-electron chi connectivity index (χ4n) is 1.92. The fourth-order valence-corrected chi connectivity index (χ4v) is 1.92. The minimum Gasteiger partial charge on any atom is -0.489 e. The Bertz CT molecular complexity index is 503. The minimum atomic E-state index is -0.491. The molecule has 1 aromatic rings. The van der Waals surface area contributed by atoms with Crippen LogP contribution in [-0.2, 0) is 11.3 Å². The number of benzene rings is 1. The van der Waals surface area contributed by atoms with E-state index < -0.39 is 5.60 Å². The van der Waals surface area contributed by atoms with Crippen LogP contribution >= 0.6 is 0 Å². The molecule has 0 aromatic heterocycles. The highest BCUT2D eigenvalue weighted by Gasteiger charge is 2.22. The lowest BCUT2D eigenvalue weighted by Gasteiger charge is -2.26. The fraction of sp³-hybridized carbons (Fsp3) is 0.438. The number of amides is 1. The topological polar surface area (TPSA) is 38.8 Å². The summed E-state index contributed by atoms with van der Waals surface area (Å²) in [5, 5.41) is 0. The summed E-state index contributed by atoms with van der Waals surface area (Å²) in [5.74, 6) is 0.813. The number of hydrogen-bond donors (Lipinski definition) is 0. The summed E-state index contributed by atoms with van der Waals surface area (Å²) >= 11 is 0. The maximum atomic E-state index is 12.2. The molecule has 0 atom stereocenters. The normalized spacial score (nSPS) is 17.1. The van der Waals surface area contributed by atoms with E-state index in [4.69, 9.17) is 9.47 Å². The zero-order chi connectivity index (χ0) is 14.6. The van der Waals surface area contributed by atoms with Crippen LogP contribution in [0.3, 0.4) is 0 Å². The molecule has 4 heteroatoms. The molecule has 0 N–H and O–H groups in total. The number of rotatable bonds is 0. The Hall–Kier alpha value is -1.97. The van der Waals surface area contributed by atoms with E-state index in [2.05, 4.69) is 0 Å². The number of ether oxygens (including phenoxy) is 2. The van der Waals surface area contributed by atoms with E-state index in [0.717, 1.165) is 11.3 Å². The van der Waals surface area contributed by atoms with Gasteiger partial charge in [0.2, 0.25) is 0 Å². The van der Waals surface area contributed by atoms with Crippen LogP contribution in [0.25, 0.3) is 0 Å². The van der Waals surface area contributed by atoms with Gasteiger partial charge >= 0.3 is 6.09 Å². The van der Waals surface area contributed by atoms with Crippen molar-refractivity contribution >= 4 is 6.09 Å². The first-order chi connectivity index (χ1) is 9.46. The maximum absolute atomic E-state index is 12.2. The molecule has 20 heavy (non-hydrogen) atoms. The standard InChI is InChI=1S/C16H21NO3/c1-16(2,3)20-15(18)17-10-6-7-11-19-14-9-5-4-8-13(14)12-17/h4-9H,10-12H2,1-3H3/b7-6-. The van der Waals surface area contributed by atoms with Gasteiger partial charge in [-0.25, -0.2) is 4.79 Å². The number of para-hydroxylation sites is 1. The van der Waals surface area contributed by atoms with Crippen LogP contribution in [0.15, 0.2) is 36.4 Å². The number of carbonyl (C=O) groups excluding carboxylic acids is 1. The molecule has 0 aliphatic carbocycles. The van der Waals surface area contributed by atoms with Gasteiger partial charge in [-0.2, -0.15) is 0 Å². The molecule has 1 heterocycles.